The van der Waals surface area contributed by atoms with Gasteiger partial charge >= 0.3 is 5.97 Å². The Balaban J connectivity index is 2.34. The number of carboxylic acids is 1. The highest BCUT2D eigenvalue weighted by Crippen LogP contribution is 2.23. The smallest absolute Gasteiger partial charge is 0.311 e. The molecule has 0 radical (unpaired) electrons. The van der Waals surface area contributed by atoms with Crippen LogP contribution < -0.4 is 10.5 Å². The fourth-order valence-electron chi connectivity index (χ4n) is 2.46. The van der Waals surface area contributed by atoms with Crippen LogP contribution in [0.25, 0.3) is 0 Å². The molecular weight excluding hydrogens is 262 g/mol. The molecule has 2 unspecified atom stereocenters. The zero-order valence-electron chi connectivity index (χ0n) is 11.6. The zero-order chi connectivity index (χ0) is 14.7. The molecule has 7 heteroatoms. The minimum Gasteiger partial charge on any atom is -0.481 e. The molecule has 0 saturated carbocycles. The van der Waals surface area contributed by atoms with Gasteiger partial charge in [0.2, 0.25) is 0 Å². The molecule has 2 heterocycles. The number of ether oxygens (including phenoxy) is 1. The van der Waals surface area contributed by atoms with Crippen molar-refractivity contribution in [2.45, 2.75) is 26.3 Å². The molecular formula is C13H19N3O4. The highest BCUT2D eigenvalue weighted by Gasteiger charge is 2.38. The molecule has 20 heavy (non-hydrogen) atoms. The molecule has 1 fully saturated rings. The van der Waals surface area contributed by atoms with Crippen LogP contribution in [0.2, 0.25) is 0 Å². The number of nitrogens with zero attached hydrogens (tertiary/aromatic N) is 2. The van der Waals surface area contributed by atoms with Gasteiger partial charge in [-0.25, -0.2) is 4.98 Å². The third-order valence-electron chi connectivity index (χ3n) is 3.52. The molecule has 0 amide bonds. The maximum atomic E-state index is 11.7. The first-order valence-corrected chi connectivity index (χ1v) is 6.74. The van der Waals surface area contributed by atoms with Crippen molar-refractivity contribution in [3.63, 3.8) is 0 Å². The number of anilines is 1. The van der Waals surface area contributed by atoms with E-state index in [2.05, 4.69) is 9.97 Å². The van der Waals surface area contributed by atoms with E-state index in [9.17, 15) is 14.7 Å². The summed E-state index contributed by atoms with van der Waals surface area (Å²) in [5, 5.41) is 9.24. The van der Waals surface area contributed by atoms with Gasteiger partial charge in [0.25, 0.3) is 5.56 Å². The third kappa shape index (κ3) is 2.82. The van der Waals surface area contributed by atoms with E-state index in [1.165, 1.54) is 6.07 Å². The molecule has 1 aromatic heterocycles. The van der Waals surface area contributed by atoms with Gasteiger partial charge in [-0.15, -0.1) is 0 Å². The van der Waals surface area contributed by atoms with Gasteiger partial charge in [0.15, 0.2) is 0 Å². The van der Waals surface area contributed by atoms with Crippen LogP contribution in [-0.2, 0) is 16.0 Å². The van der Waals surface area contributed by atoms with Crippen molar-refractivity contribution in [3.8, 4) is 0 Å². The summed E-state index contributed by atoms with van der Waals surface area (Å²) in [5.74, 6) is -0.376. The number of hydrogen-bond donors (Lipinski definition) is 2. The van der Waals surface area contributed by atoms with Gasteiger partial charge in [-0.05, 0) is 6.92 Å². The van der Waals surface area contributed by atoms with Crippen molar-refractivity contribution in [1.82, 2.24) is 9.97 Å². The Hall–Kier alpha value is -1.89. The van der Waals surface area contributed by atoms with Gasteiger partial charge in [0, 0.05) is 19.0 Å². The van der Waals surface area contributed by atoms with Crippen LogP contribution in [0.4, 0.5) is 5.82 Å². The first-order chi connectivity index (χ1) is 9.56. The van der Waals surface area contributed by atoms with Crippen molar-refractivity contribution in [3.05, 3.63) is 22.2 Å². The van der Waals surface area contributed by atoms with Gasteiger partial charge in [0.1, 0.15) is 17.6 Å². The van der Waals surface area contributed by atoms with Crippen LogP contribution in [0.15, 0.2) is 10.9 Å². The first kappa shape index (κ1) is 14.5. The average Bonchev–Trinajstić information content (AvgIpc) is 2.88. The summed E-state index contributed by atoms with van der Waals surface area (Å²) >= 11 is 0. The van der Waals surface area contributed by atoms with Gasteiger partial charge < -0.3 is 19.7 Å². The van der Waals surface area contributed by atoms with Crippen molar-refractivity contribution in [1.29, 1.82) is 0 Å². The summed E-state index contributed by atoms with van der Waals surface area (Å²) < 4.78 is 5.29. The van der Waals surface area contributed by atoms with Crippen LogP contribution in [0.5, 0.6) is 0 Å². The highest BCUT2D eigenvalue weighted by atomic mass is 16.5. The van der Waals surface area contributed by atoms with E-state index >= 15 is 0 Å². The van der Waals surface area contributed by atoms with Crippen LogP contribution in [-0.4, -0.2) is 46.8 Å². The number of aliphatic carboxylic acids is 1. The van der Waals surface area contributed by atoms with Crippen molar-refractivity contribution in [2.75, 3.05) is 24.7 Å². The Bertz CT molecular complexity index is 543. The molecule has 1 aromatic rings. The number of aromatic nitrogens is 2. The van der Waals surface area contributed by atoms with E-state index < -0.39 is 11.9 Å². The number of H-pyrrole nitrogens is 1. The molecule has 0 aliphatic carbocycles. The van der Waals surface area contributed by atoms with Crippen LogP contribution in [0.3, 0.4) is 0 Å². The molecule has 2 atom stereocenters. The molecule has 1 aliphatic rings. The lowest BCUT2D eigenvalue weighted by molar-refractivity contribution is -0.141. The quantitative estimate of drug-likeness (QED) is 0.803. The highest BCUT2D eigenvalue weighted by molar-refractivity contribution is 5.72. The lowest BCUT2D eigenvalue weighted by Gasteiger charge is -2.30. The molecule has 0 spiro atoms. The summed E-state index contributed by atoms with van der Waals surface area (Å²) in [5.41, 5.74) is -0.226. The maximum absolute atomic E-state index is 11.7. The topological polar surface area (TPSA) is 95.5 Å². The minimum atomic E-state index is -0.883. The van der Waals surface area contributed by atoms with Crippen molar-refractivity contribution < 1.29 is 14.6 Å². The fourth-order valence-corrected chi connectivity index (χ4v) is 2.46. The van der Waals surface area contributed by atoms with Crippen LogP contribution >= 0.6 is 0 Å². The normalized spacial score (nSPS) is 21.9. The molecule has 110 valence electrons. The SMILES string of the molecule is CCc1nc(N(CC)C2COCC2C(=O)O)cc(=O)[nH]1. The number of carbonyl (C=O) groups is 1. The number of nitrogens with one attached hydrogen (secondary N) is 1. The van der Waals surface area contributed by atoms with Gasteiger partial charge in [-0.2, -0.15) is 0 Å². The van der Waals surface area contributed by atoms with E-state index in [0.29, 0.717) is 31.2 Å². The summed E-state index contributed by atoms with van der Waals surface area (Å²) in [4.78, 5) is 31.8. The molecule has 7 nitrogen and oxygen atoms in total. The zero-order valence-corrected chi connectivity index (χ0v) is 11.6. The summed E-state index contributed by atoms with van der Waals surface area (Å²) in [6.45, 7) is 4.90. The molecule has 1 aliphatic heterocycles. The number of aryl methyl sites for hydroxylation is 1. The van der Waals surface area contributed by atoms with E-state index in [0.717, 1.165) is 0 Å². The largest absolute Gasteiger partial charge is 0.481 e. The Morgan fingerprint density at radius 2 is 2.30 bits per heavy atom. The van der Waals surface area contributed by atoms with E-state index in [1.54, 1.807) is 0 Å². The Morgan fingerprint density at radius 1 is 1.55 bits per heavy atom. The molecule has 1 saturated heterocycles. The minimum absolute atomic E-state index is 0.195. The van der Waals surface area contributed by atoms with Gasteiger partial charge in [-0.1, -0.05) is 6.92 Å². The third-order valence-corrected chi connectivity index (χ3v) is 3.52. The Labute approximate surface area is 116 Å². The predicted octanol–water partition coefficient (Wildman–Crippen LogP) is 0.258. The first-order valence-electron chi connectivity index (χ1n) is 6.74. The maximum Gasteiger partial charge on any atom is 0.311 e. The van der Waals surface area contributed by atoms with Gasteiger partial charge in [0.05, 0.1) is 19.3 Å². The molecule has 2 rings (SSSR count). The predicted molar refractivity (Wildman–Crippen MR) is 73.0 cm³/mol. The number of hydrogen-bond acceptors (Lipinski definition) is 5. The Kier molecular flexibility index (Phi) is 4.39. The number of aromatic amines is 1. The lowest BCUT2D eigenvalue weighted by atomic mass is 10.0. The van der Waals surface area contributed by atoms with Crippen molar-refractivity contribution in [2.24, 2.45) is 5.92 Å². The number of rotatable bonds is 5. The summed E-state index contributed by atoms with van der Waals surface area (Å²) in [7, 11) is 0. The Morgan fingerprint density at radius 3 is 2.90 bits per heavy atom. The second-order valence-electron chi connectivity index (χ2n) is 4.74. The number of likely N-dealkylation sites (N-methyl/N-ethyl adjacent to an activating group) is 1. The fraction of sp³-hybridized carbons (Fsp3) is 0.615. The lowest BCUT2D eigenvalue weighted by Crippen LogP contribution is -2.44. The van der Waals surface area contributed by atoms with E-state index in [1.807, 2.05) is 18.7 Å². The van der Waals surface area contributed by atoms with E-state index in [-0.39, 0.29) is 18.2 Å². The second-order valence-corrected chi connectivity index (χ2v) is 4.74. The molecule has 0 bridgehead atoms. The average molecular weight is 281 g/mol. The monoisotopic (exact) mass is 281 g/mol. The van der Waals surface area contributed by atoms with Crippen LogP contribution in [0, 0.1) is 5.92 Å². The van der Waals surface area contributed by atoms with Gasteiger partial charge in [-0.3, -0.25) is 9.59 Å². The number of carboxylic acid groups (broad SMARTS) is 1. The van der Waals surface area contributed by atoms with Crippen LogP contribution in [0.1, 0.15) is 19.7 Å². The summed E-state index contributed by atoms with van der Waals surface area (Å²) in [6.07, 6.45) is 0.615. The molecule has 0 aromatic carbocycles. The van der Waals surface area contributed by atoms with Crippen molar-refractivity contribution >= 4 is 11.8 Å². The standard InChI is InChI=1S/C13H19N3O4/c1-3-10-14-11(5-12(17)15-10)16(4-2)9-7-20-6-8(9)13(18)19/h5,8-9H,3-4,6-7H2,1-2H3,(H,18,19)(H,14,15,17). The van der Waals surface area contributed by atoms with E-state index in [4.69, 9.17) is 4.74 Å². The summed E-state index contributed by atoms with van der Waals surface area (Å²) in [6, 6.07) is 1.11. The molecule has 2 N–H and O–H groups in total. The second kappa shape index (κ2) is 6.04.